The van der Waals surface area contributed by atoms with Crippen molar-refractivity contribution in [3.63, 3.8) is 0 Å². The van der Waals surface area contributed by atoms with E-state index < -0.39 is 0 Å². The van der Waals surface area contributed by atoms with Crippen molar-refractivity contribution in [2.75, 3.05) is 32.7 Å². The molecule has 0 aliphatic carbocycles. The third-order valence-electron chi connectivity index (χ3n) is 6.22. The molecule has 2 aliphatic rings. The second-order valence-electron chi connectivity index (χ2n) is 8.34. The quantitative estimate of drug-likeness (QED) is 0.825. The van der Waals surface area contributed by atoms with Gasteiger partial charge in [0.25, 0.3) is 0 Å². The number of nitrogens with zero attached hydrogens (tertiary/aromatic N) is 3. The van der Waals surface area contributed by atoms with E-state index in [1.54, 1.807) is 6.33 Å². The standard InChI is InChI=1S/C20H34N4O/c1-3-4-17(2)14-23-11-8-20(9-12-23)7-5-19(25)24(15-20)10-6-18-13-21-16-22-18/h13,16-17H,3-12,14-15H2,1-2H3,(H,21,22). The van der Waals surface area contributed by atoms with Crippen LogP contribution in [0.4, 0.5) is 0 Å². The summed E-state index contributed by atoms with van der Waals surface area (Å²) < 4.78 is 0. The van der Waals surface area contributed by atoms with E-state index in [4.69, 9.17) is 0 Å². The van der Waals surface area contributed by atoms with Crippen molar-refractivity contribution in [3.8, 4) is 0 Å². The molecular formula is C20H34N4O. The molecule has 2 aliphatic heterocycles. The zero-order valence-electron chi connectivity index (χ0n) is 16.0. The van der Waals surface area contributed by atoms with Crippen molar-refractivity contribution in [2.24, 2.45) is 11.3 Å². The Labute approximate surface area is 152 Å². The molecule has 3 heterocycles. The summed E-state index contributed by atoms with van der Waals surface area (Å²) in [5, 5.41) is 0. The van der Waals surface area contributed by atoms with Gasteiger partial charge in [-0.3, -0.25) is 4.79 Å². The van der Waals surface area contributed by atoms with Crippen molar-refractivity contribution < 1.29 is 4.79 Å². The highest BCUT2D eigenvalue weighted by Gasteiger charge is 2.40. The van der Waals surface area contributed by atoms with E-state index in [1.807, 2.05) is 6.20 Å². The number of amides is 1. The number of rotatable bonds is 7. The molecule has 25 heavy (non-hydrogen) atoms. The molecule has 5 heteroatoms. The first-order valence-electron chi connectivity index (χ1n) is 10.1. The van der Waals surface area contributed by atoms with E-state index in [9.17, 15) is 4.79 Å². The molecule has 1 aromatic rings. The van der Waals surface area contributed by atoms with Gasteiger partial charge >= 0.3 is 0 Å². The summed E-state index contributed by atoms with van der Waals surface area (Å²) >= 11 is 0. The van der Waals surface area contributed by atoms with Crippen LogP contribution in [0.5, 0.6) is 0 Å². The summed E-state index contributed by atoms with van der Waals surface area (Å²) in [5.74, 6) is 1.14. The fourth-order valence-corrected chi connectivity index (χ4v) is 4.63. The van der Waals surface area contributed by atoms with Crippen LogP contribution in [0.1, 0.15) is 58.1 Å². The summed E-state index contributed by atoms with van der Waals surface area (Å²) in [6, 6.07) is 0. The maximum absolute atomic E-state index is 12.4. The summed E-state index contributed by atoms with van der Waals surface area (Å²) in [5.41, 5.74) is 1.49. The number of aromatic amines is 1. The smallest absolute Gasteiger partial charge is 0.222 e. The Balaban J connectivity index is 1.50. The largest absolute Gasteiger partial charge is 0.348 e. The van der Waals surface area contributed by atoms with E-state index in [-0.39, 0.29) is 0 Å². The second-order valence-corrected chi connectivity index (χ2v) is 8.34. The van der Waals surface area contributed by atoms with Gasteiger partial charge in [0, 0.05) is 44.4 Å². The fraction of sp³-hybridized carbons (Fsp3) is 0.800. The molecule has 0 aromatic carbocycles. The van der Waals surface area contributed by atoms with Gasteiger partial charge in [0.05, 0.1) is 6.33 Å². The van der Waals surface area contributed by atoms with Gasteiger partial charge < -0.3 is 14.8 Å². The number of hydrogen-bond acceptors (Lipinski definition) is 3. The third-order valence-corrected chi connectivity index (χ3v) is 6.22. The second kappa shape index (κ2) is 8.35. The summed E-state index contributed by atoms with van der Waals surface area (Å²) in [7, 11) is 0. The SMILES string of the molecule is CCCC(C)CN1CCC2(CCC(=O)N(CCc3cnc[nH]3)C2)CC1. The normalized spacial score (nSPS) is 22.5. The first-order chi connectivity index (χ1) is 12.1. The molecule has 2 fully saturated rings. The van der Waals surface area contributed by atoms with Crippen LogP contribution >= 0.6 is 0 Å². The number of aromatic nitrogens is 2. The maximum atomic E-state index is 12.4. The highest BCUT2D eigenvalue weighted by molar-refractivity contribution is 5.77. The zero-order chi connectivity index (χ0) is 17.7. The Morgan fingerprint density at radius 3 is 2.80 bits per heavy atom. The van der Waals surface area contributed by atoms with E-state index in [1.165, 1.54) is 45.3 Å². The summed E-state index contributed by atoms with van der Waals surface area (Å²) in [6.45, 7) is 10.1. The van der Waals surface area contributed by atoms with Crippen LogP contribution in [0.2, 0.25) is 0 Å². The molecule has 1 amide bonds. The highest BCUT2D eigenvalue weighted by Crippen LogP contribution is 2.40. The minimum atomic E-state index is 0.337. The van der Waals surface area contributed by atoms with Crippen LogP contribution in [0.3, 0.4) is 0 Å². The molecule has 2 saturated heterocycles. The number of nitrogens with one attached hydrogen (secondary N) is 1. The molecule has 1 N–H and O–H groups in total. The van der Waals surface area contributed by atoms with Crippen LogP contribution in [0, 0.1) is 11.3 Å². The number of likely N-dealkylation sites (tertiary alicyclic amines) is 2. The number of hydrogen-bond donors (Lipinski definition) is 1. The summed E-state index contributed by atoms with van der Waals surface area (Å²) in [6.07, 6.45) is 11.4. The lowest BCUT2D eigenvalue weighted by atomic mass is 9.72. The molecule has 1 atom stereocenters. The van der Waals surface area contributed by atoms with Crippen LogP contribution in [-0.2, 0) is 11.2 Å². The number of imidazole rings is 1. The average molecular weight is 347 g/mol. The Bertz CT molecular complexity index is 534. The van der Waals surface area contributed by atoms with Crippen LogP contribution in [0.15, 0.2) is 12.5 Å². The summed E-state index contributed by atoms with van der Waals surface area (Å²) in [4.78, 5) is 24.3. The van der Waals surface area contributed by atoms with E-state index >= 15 is 0 Å². The van der Waals surface area contributed by atoms with Gasteiger partial charge in [-0.2, -0.15) is 0 Å². The van der Waals surface area contributed by atoms with Gasteiger partial charge in [-0.15, -0.1) is 0 Å². The molecule has 3 rings (SSSR count). The molecule has 5 nitrogen and oxygen atoms in total. The van der Waals surface area contributed by atoms with Crippen molar-refractivity contribution in [1.82, 2.24) is 19.8 Å². The third kappa shape index (κ3) is 4.84. The topological polar surface area (TPSA) is 52.2 Å². The Morgan fingerprint density at radius 2 is 2.12 bits per heavy atom. The molecule has 140 valence electrons. The van der Waals surface area contributed by atoms with Crippen molar-refractivity contribution in [2.45, 2.75) is 58.8 Å². The van der Waals surface area contributed by atoms with E-state index in [0.29, 0.717) is 11.3 Å². The number of piperidine rings is 2. The van der Waals surface area contributed by atoms with Crippen molar-refractivity contribution in [3.05, 3.63) is 18.2 Å². The predicted molar refractivity (Wildman–Crippen MR) is 100 cm³/mol. The molecule has 1 aromatic heterocycles. The number of H-pyrrole nitrogens is 1. The van der Waals surface area contributed by atoms with Gasteiger partial charge in [0.2, 0.25) is 5.91 Å². The van der Waals surface area contributed by atoms with Gasteiger partial charge in [0.1, 0.15) is 0 Å². The minimum absolute atomic E-state index is 0.337. The molecule has 0 radical (unpaired) electrons. The van der Waals surface area contributed by atoms with Crippen molar-refractivity contribution >= 4 is 5.91 Å². The Morgan fingerprint density at radius 1 is 1.32 bits per heavy atom. The first-order valence-corrected chi connectivity index (χ1v) is 10.1. The van der Waals surface area contributed by atoms with Crippen LogP contribution in [0.25, 0.3) is 0 Å². The van der Waals surface area contributed by atoms with Crippen molar-refractivity contribution in [1.29, 1.82) is 0 Å². The zero-order valence-corrected chi connectivity index (χ0v) is 16.0. The fourth-order valence-electron chi connectivity index (χ4n) is 4.63. The lowest BCUT2D eigenvalue weighted by Gasteiger charge is -2.48. The minimum Gasteiger partial charge on any atom is -0.348 e. The van der Waals surface area contributed by atoms with Gasteiger partial charge in [0.15, 0.2) is 0 Å². The maximum Gasteiger partial charge on any atom is 0.222 e. The van der Waals surface area contributed by atoms with Gasteiger partial charge in [-0.1, -0.05) is 20.3 Å². The molecule has 1 unspecified atom stereocenters. The number of carbonyl (C=O) groups is 1. The molecule has 1 spiro atoms. The average Bonchev–Trinajstić information content (AvgIpc) is 3.12. The Hall–Kier alpha value is -1.36. The lowest BCUT2D eigenvalue weighted by molar-refractivity contribution is -0.139. The Kier molecular flexibility index (Phi) is 6.15. The van der Waals surface area contributed by atoms with Crippen LogP contribution in [-0.4, -0.2) is 58.4 Å². The molecular weight excluding hydrogens is 312 g/mol. The van der Waals surface area contributed by atoms with E-state index in [0.717, 1.165) is 44.0 Å². The molecule has 0 bridgehead atoms. The highest BCUT2D eigenvalue weighted by atomic mass is 16.2. The first kappa shape index (κ1) is 18.4. The van der Waals surface area contributed by atoms with E-state index in [2.05, 4.69) is 33.6 Å². The van der Waals surface area contributed by atoms with Gasteiger partial charge in [-0.25, -0.2) is 4.98 Å². The van der Waals surface area contributed by atoms with Crippen LogP contribution < -0.4 is 0 Å². The predicted octanol–water partition coefficient (Wildman–Crippen LogP) is 3.09. The van der Waals surface area contributed by atoms with Gasteiger partial charge in [-0.05, 0) is 50.1 Å². The molecule has 0 saturated carbocycles. The monoisotopic (exact) mass is 346 g/mol. The lowest BCUT2D eigenvalue weighted by Crippen LogP contribution is -2.52. The number of carbonyl (C=O) groups excluding carboxylic acids is 1.